The van der Waals surface area contributed by atoms with Crippen LogP contribution in [-0.2, 0) is 22.7 Å². The predicted molar refractivity (Wildman–Crippen MR) is 77.6 cm³/mol. The molecule has 0 bridgehead atoms. The van der Waals surface area contributed by atoms with Crippen molar-refractivity contribution in [2.75, 3.05) is 19.8 Å². The highest BCUT2D eigenvalue weighted by Gasteiger charge is 2.37. The highest BCUT2D eigenvalue weighted by Crippen LogP contribution is 2.40. The fraction of sp³-hybridized carbons (Fsp3) is 0.692. The first kappa shape index (κ1) is 17.9. The van der Waals surface area contributed by atoms with Crippen LogP contribution in [0.2, 0.25) is 0 Å². The van der Waals surface area contributed by atoms with Crippen molar-refractivity contribution in [1.29, 1.82) is 0 Å². The number of sulfonamides is 1. The Labute approximate surface area is 132 Å². The highest BCUT2D eigenvalue weighted by atomic mass is 32.2. The molecule has 0 unspecified atom stereocenters. The molecule has 2 rings (SSSR count). The van der Waals surface area contributed by atoms with Crippen LogP contribution in [0.5, 0.6) is 0 Å². The lowest BCUT2D eigenvalue weighted by Gasteiger charge is -2.13. The Morgan fingerprint density at radius 3 is 2.43 bits per heavy atom. The average molecular weight is 353 g/mol. The number of halogens is 3. The van der Waals surface area contributed by atoms with Crippen molar-refractivity contribution in [1.82, 2.24) is 14.1 Å². The molecule has 0 aromatic carbocycles. The minimum absolute atomic E-state index is 0.0127. The maximum atomic E-state index is 13.0. The van der Waals surface area contributed by atoms with Crippen LogP contribution in [0.4, 0.5) is 13.2 Å². The van der Waals surface area contributed by atoms with Crippen molar-refractivity contribution in [3.8, 4) is 0 Å². The first-order chi connectivity index (χ1) is 10.5. The Morgan fingerprint density at radius 2 is 1.96 bits per heavy atom. The van der Waals surface area contributed by atoms with Gasteiger partial charge in [-0.2, -0.15) is 18.3 Å². The number of hydrogen-bond donors (Lipinski definition) is 0. The van der Waals surface area contributed by atoms with E-state index in [9.17, 15) is 26.4 Å². The molecule has 0 N–H and O–H groups in total. The summed E-state index contributed by atoms with van der Waals surface area (Å²) in [5.41, 5.74) is -2.23. The highest BCUT2D eigenvalue weighted by molar-refractivity contribution is 7.89. The molecule has 1 aliphatic rings. The van der Waals surface area contributed by atoms with E-state index in [1.807, 2.05) is 0 Å². The lowest BCUT2D eigenvalue weighted by molar-refractivity contribution is -0.139. The van der Waals surface area contributed by atoms with E-state index in [0.717, 1.165) is 27.9 Å². The third-order valence-electron chi connectivity index (χ3n) is 3.62. The number of rotatable bonds is 6. The maximum absolute atomic E-state index is 13.0. The zero-order valence-corrected chi connectivity index (χ0v) is 13.6. The normalized spacial score (nSPS) is 16.1. The SMILES string of the molecule is CN(C)S(=O)(=O)CCCn1nc(C2CC2)cc(C(F)(F)F)c1=O. The summed E-state index contributed by atoms with van der Waals surface area (Å²) >= 11 is 0. The molecule has 0 spiro atoms. The molecule has 23 heavy (non-hydrogen) atoms. The van der Waals surface area contributed by atoms with Gasteiger partial charge in [-0.25, -0.2) is 17.4 Å². The van der Waals surface area contributed by atoms with Crippen LogP contribution < -0.4 is 5.56 Å². The number of nitrogens with zero attached hydrogens (tertiary/aromatic N) is 3. The van der Waals surface area contributed by atoms with Crippen molar-refractivity contribution >= 4 is 10.0 Å². The van der Waals surface area contributed by atoms with Crippen molar-refractivity contribution in [2.45, 2.75) is 37.9 Å². The van der Waals surface area contributed by atoms with E-state index in [4.69, 9.17) is 0 Å². The zero-order valence-electron chi connectivity index (χ0n) is 12.8. The Kier molecular flexibility index (Phi) is 4.86. The van der Waals surface area contributed by atoms with Gasteiger partial charge in [0.25, 0.3) is 5.56 Å². The lowest BCUT2D eigenvalue weighted by atomic mass is 10.2. The standard InChI is InChI=1S/C13H18F3N3O3S/c1-18(2)23(21,22)7-3-6-19-12(20)10(13(14,15)16)8-11(17-19)9-4-5-9/h8-9H,3-7H2,1-2H3. The van der Waals surface area contributed by atoms with Crippen LogP contribution >= 0.6 is 0 Å². The quantitative estimate of drug-likeness (QED) is 0.775. The molecule has 0 aliphatic heterocycles. The summed E-state index contributed by atoms with van der Waals surface area (Å²) in [5, 5.41) is 3.97. The molecule has 130 valence electrons. The van der Waals surface area contributed by atoms with Crippen LogP contribution in [0.15, 0.2) is 10.9 Å². The smallest absolute Gasteiger partial charge is 0.267 e. The minimum atomic E-state index is -4.75. The largest absolute Gasteiger partial charge is 0.421 e. The van der Waals surface area contributed by atoms with Gasteiger partial charge >= 0.3 is 6.18 Å². The van der Waals surface area contributed by atoms with E-state index in [2.05, 4.69) is 5.10 Å². The van der Waals surface area contributed by atoms with Gasteiger partial charge in [-0.1, -0.05) is 0 Å². The molecule has 1 saturated carbocycles. The summed E-state index contributed by atoms with van der Waals surface area (Å²) in [6.45, 7) is -0.171. The van der Waals surface area contributed by atoms with Gasteiger partial charge in [0, 0.05) is 26.6 Å². The maximum Gasteiger partial charge on any atom is 0.421 e. The fourth-order valence-corrected chi connectivity index (χ4v) is 2.93. The Hall–Kier alpha value is -1.42. The molecule has 1 heterocycles. The van der Waals surface area contributed by atoms with Crippen molar-refractivity contribution < 1.29 is 21.6 Å². The molecule has 0 saturated heterocycles. The van der Waals surface area contributed by atoms with E-state index in [0.29, 0.717) is 0 Å². The molecular formula is C13H18F3N3O3S. The fourth-order valence-electron chi connectivity index (χ4n) is 2.07. The number of aryl methyl sites for hydroxylation is 1. The van der Waals surface area contributed by atoms with Gasteiger partial charge < -0.3 is 0 Å². The molecule has 1 aromatic heterocycles. The molecule has 1 aliphatic carbocycles. The van der Waals surface area contributed by atoms with E-state index < -0.39 is 27.3 Å². The van der Waals surface area contributed by atoms with Gasteiger partial charge in [-0.05, 0) is 25.3 Å². The summed E-state index contributed by atoms with van der Waals surface area (Å²) in [4.78, 5) is 11.9. The summed E-state index contributed by atoms with van der Waals surface area (Å²) in [5.74, 6) is -0.309. The van der Waals surface area contributed by atoms with Gasteiger partial charge in [0.2, 0.25) is 10.0 Å². The molecular weight excluding hydrogens is 335 g/mol. The second-order valence-electron chi connectivity index (χ2n) is 5.74. The molecule has 1 fully saturated rings. The van der Waals surface area contributed by atoms with Gasteiger partial charge in [-0.3, -0.25) is 4.79 Å². The van der Waals surface area contributed by atoms with E-state index in [1.54, 1.807) is 0 Å². The van der Waals surface area contributed by atoms with Crippen molar-refractivity contribution in [3.63, 3.8) is 0 Å². The van der Waals surface area contributed by atoms with Crippen LogP contribution in [0.1, 0.15) is 36.4 Å². The van der Waals surface area contributed by atoms with E-state index >= 15 is 0 Å². The topological polar surface area (TPSA) is 72.3 Å². The first-order valence-electron chi connectivity index (χ1n) is 7.12. The predicted octanol–water partition coefficient (Wildman–Crippen LogP) is 1.42. The minimum Gasteiger partial charge on any atom is -0.267 e. The van der Waals surface area contributed by atoms with Gasteiger partial charge in [0.1, 0.15) is 5.56 Å². The Balaban J connectivity index is 2.24. The summed E-state index contributed by atoms with van der Waals surface area (Å²) in [7, 11) is -0.725. The summed E-state index contributed by atoms with van der Waals surface area (Å²) < 4.78 is 64.0. The van der Waals surface area contributed by atoms with Crippen molar-refractivity contribution in [2.24, 2.45) is 0 Å². The molecule has 0 atom stereocenters. The Morgan fingerprint density at radius 1 is 1.35 bits per heavy atom. The monoisotopic (exact) mass is 353 g/mol. The molecule has 1 aromatic rings. The van der Waals surface area contributed by atoms with E-state index in [1.165, 1.54) is 14.1 Å². The second kappa shape index (κ2) is 6.23. The third-order valence-corrected chi connectivity index (χ3v) is 5.54. The van der Waals surface area contributed by atoms with Crippen LogP contribution in [0, 0.1) is 0 Å². The lowest BCUT2D eigenvalue weighted by Crippen LogP contribution is -2.32. The van der Waals surface area contributed by atoms with Crippen LogP contribution in [0.3, 0.4) is 0 Å². The number of alkyl halides is 3. The Bertz CT molecular complexity index is 737. The van der Waals surface area contributed by atoms with Crippen molar-refractivity contribution in [3.05, 3.63) is 27.7 Å². The number of aromatic nitrogens is 2. The number of hydrogen-bond acceptors (Lipinski definition) is 4. The first-order valence-corrected chi connectivity index (χ1v) is 8.73. The second-order valence-corrected chi connectivity index (χ2v) is 8.04. The van der Waals surface area contributed by atoms with Gasteiger partial charge in [0.15, 0.2) is 0 Å². The van der Waals surface area contributed by atoms with Gasteiger partial charge in [0.05, 0.1) is 11.4 Å². The van der Waals surface area contributed by atoms with Gasteiger partial charge in [-0.15, -0.1) is 0 Å². The molecule has 0 amide bonds. The van der Waals surface area contributed by atoms with Crippen LogP contribution in [0.25, 0.3) is 0 Å². The molecule has 10 heteroatoms. The molecule has 0 radical (unpaired) electrons. The third kappa shape index (κ3) is 4.31. The molecule has 6 nitrogen and oxygen atoms in total. The summed E-state index contributed by atoms with van der Waals surface area (Å²) in [6, 6.07) is 0.813. The zero-order chi connectivity index (χ0) is 17.4. The average Bonchev–Trinajstić information content (AvgIpc) is 3.23. The van der Waals surface area contributed by atoms with Crippen LogP contribution in [-0.4, -0.2) is 42.4 Å². The van der Waals surface area contributed by atoms with E-state index in [-0.39, 0.29) is 30.3 Å². The summed E-state index contributed by atoms with van der Waals surface area (Å²) in [6.07, 6.45) is -3.24.